The first-order chi connectivity index (χ1) is 18.5. The molecule has 39 heavy (non-hydrogen) atoms. The second-order valence-corrected chi connectivity index (χ2v) is 9.00. The number of carbonyl (C=O) groups excluding carboxylic acids is 1. The summed E-state index contributed by atoms with van der Waals surface area (Å²) in [6, 6.07) is 3.39. The van der Waals surface area contributed by atoms with Crippen LogP contribution in [0.5, 0.6) is 0 Å². The molecule has 0 spiro atoms. The molecule has 0 atom stereocenters. The smallest absolute Gasteiger partial charge is 0.382 e. The highest BCUT2D eigenvalue weighted by atomic mass is 19.4. The average Bonchev–Trinajstić information content (AvgIpc) is 3.28. The molecule has 2 amide bonds. The van der Waals surface area contributed by atoms with Gasteiger partial charge >= 0.3 is 12.2 Å². The molecule has 2 aromatic heterocycles. The van der Waals surface area contributed by atoms with Crippen molar-refractivity contribution in [3.63, 3.8) is 0 Å². The summed E-state index contributed by atoms with van der Waals surface area (Å²) < 4.78 is 84.7. The maximum absolute atomic E-state index is 15.3. The number of piperidine rings is 1. The van der Waals surface area contributed by atoms with Crippen molar-refractivity contribution in [1.82, 2.24) is 19.9 Å². The van der Waals surface area contributed by atoms with E-state index in [-0.39, 0.29) is 22.9 Å². The Kier molecular flexibility index (Phi) is 6.80. The summed E-state index contributed by atoms with van der Waals surface area (Å²) in [4.78, 5) is 16.3. The Balaban J connectivity index is 1.45. The Hall–Kier alpha value is -4.33. The first-order valence-electron chi connectivity index (χ1n) is 11.8. The Bertz CT molecular complexity index is 1560. The first kappa shape index (κ1) is 26.3. The summed E-state index contributed by atoms with van der Waals surface area (Å²) in [5, 5.41) is 11.4. The molecule has 14 heteroatoms. The standard InChI is InChI=1S/C25H21F6N7O/c26-16-2-1-13(25(29,30)31)7-19(16)36-24(39)37-20-10-17(27)14(8-18(20)28)15-9-21(12-3-5-33-6-4-12)38-22(15)23(32)34-11-35-38/h1-2,7-12,33H,3-6H2,(H2,32,34,35)(H2,36,37,39). The van der Waals surface area contributed by atoms with Crippen LogP contribution in [0.3, 0.4) is 0 Å². The van der Waals surface area contributed by atoms with Gasteiger partial charge in [-0.05, 0) is 56.3 Å². The fraction of sp³-hybridized carbons (Fsp3) is 0.240. The molecule has 0 radical (unpaired) electrons. The number of hydrogen-bond donors (Lipinski definition) is 4. The molecule has 204 valence electrons. The van der Waals surface area contributed by atoms with Crippen molar-refractivity contribution in [3.05, 3.63) is 71.4 Å². The molecule has 1 aliphatic heterocycles. The predicted octanol–water partition coefficient (Wildman–Crippen LogP) is 5.53. The summed E-state index contributed by atoms with van der Waals surface area (Å²) in [6.07, 6.45) is -1.91. The van der Waals surface area contributed by atoms with E-state index in [0.29, 0.717) is 29.8 Å². The minimum atomic E-state index is -4.78. The highest BCUT2D eigenvalue weighted by molar-refractivity contribution is 6.00. The van der Waals surface area contributed by atoms with Crippen LogP contribution in [0.15, 0.2) is 42.7 Å². The Morgan fingerprint density at radius 3 is 2.33 bits per heavy atom. The van der Waals surface area contributed by atoms with Gasteiger partial charge in [0.1, 0.15) is 29.3 Å². The monoisotopic (exact) mass is 549 g/mol. The van der Waals surface area contributed by atoms with Gasteiger partial charge in [0, 0.05) is 28.8 Å². The molecule has 4 aromatic rings. The Morgan fingerprint density at radius 1 is 0.949 bits per heavy atom. The van der Waals surface area contributed by atoms with E-state index in [1.807, 2.05) is 10.6 Å². The zero-order chi connectivity index (χ0) is 27.9. The summed E-state index contributed by atoms with van der Waals surface area (Å²) in [6.45, 7) is 1.56. The van der Waals surface area contributed by atoms with Crippen LogP contribution >= 0.6 is 0 Å². The van der Waals surface area contributed by atoms with Gasteiger partial charge in [0.05, 0.1) is 16.9 Å². The summed E-state index contributed by atoms with van der Waals surface area (Å²) in [5.74, 6) is -2.97. The van der Waals surface area contributed by atoms with Gasteiger partial charge < -0.3 is 21.7 Å². The van der Waals surface area contributed by atoms with Crippen molar-refractivity contribution in [1.29, 1.82) is 0 Å². The second kappa shape index (κ2) is 10.1. The minimum absolute atomic E-state index is 0.0599. The molecule has 0 unspecified atom stereocenters. The lowest BCUT2D eigenvalue weighted by atomic mass is 9.94. The lowest BCUT2D eigenvalue weighted by molar-refractivity contribution is -0.137. The number of urea groups is 1. The number of anilines is 3. The molecular formula is C25H21F6N7O. The minimum Gasteiger partial charge on any atom is -0.382 e. The maximum atomic E-state index is 15.3. The quantitative estimate of drug-likeness (QED) is 0.251. The van der Waals surface area contributed by atoms with Gasteiger partial charge in [0.15, 0.2) is 5.82 Å². The number of rotatable bonds is 4. The van der Waals surface area contributed by atoms with Crippen molar-refractivity contribution in [2.45, 2.75) is 24.9 Å². The predicted molar refractivity (Wildman–Crippen MR) is 132 cm³/mol. The molecule has 0 aliphatic carbocycles. The van der Waals surface area contributed by atoms with Crippen LogP contribution in [0.2, 0.25) is 0 Å². The molecule has 1 saturated heterocycles. The normalized spacial score (nSPS) is 14.5. The van der Waals surface area contributed by atoms with E-state index in [1.54, 1.807) is 10.6 Å². The van der Waals surface area contributed by atoms with Gasteiger partial charge in [-0.1, -0.05) is 0 Å². The molecule has 5 N–H and O–H groups in total. The summed E-state index contributed by atoms with van der Waals surface area (Å²) >= 11 is 0. The lowest BCUT2D eigenvalue weighted by Crippen LogP contribution is -2.27. The maximum Gasteiger partial charge on any atom is 0.416 e. The number of halogens is 6. The van der Waals surface area contributed by atoms with Crippen LogP contribution in [-0.4, -0.2) is 33.7 Å². The van der Waals surface area contributed by atoms with E-state index in [1.165, 1.54) is 6.33 Å². The van der Waals surface area contributed by atoms with E-state index < -0.39 is 46.6 Å². The summed E-state index contributed by atoms with van der Waals surface area (Å²) in [5.41, 5.74) is 4.61. The highest BCUT2D eigenvalue weighted by Crippen LogP contribution is 2.38. The molecule has 0 saturated carbocycles. The van der Waals surface area contributed by atoms with Gasteiger partial charge in [-0.3, -0.25) is 0 Å². The highest BCUT2D eigenvalue weighted by Gasteiger charge is 2.31. The van der Waals surface area contributed by atoms with E-state index in [9.17, 15) is 22.4 Å². The van der Waals surface area contributed by atoms with E-state index in [2.05, 4.69) is 15.4 Å². The number of nitrogens with one attached hydrogen (secondary N) is 3. The molecule has 0 bridgehead atoms. The molecule has 5 rings (SSSR count). The SMILES string of the molecule is Nc1ncnn2c(C3CCNCC3)cc(-c3cc(F)c(NC(=O)Nc4cc(C(F)(F)F)ccc4F)cc3F)c12. The van der Waals surface area contributed by atoms with Crippen LogP contribution in [0.4, 0.5) is 48.3 Å². The molecule has 8 nitrogen and oxygen atoms in total. The number of nitrogens with zero attached hydrogens (tertiary/aromatic N) is 3. The largest absolute Gasteiger partial charge is 0.416 e. The lowest BCUT2D eigenvalue weighted by Gasteiger charge is -2.22. The van der Waals surface area contributed by atoms with E-state index in [4.69, 9.17) is 5.73 Å². The first-order valence-corrected chi connectivity index (χ1v) is 11.8. The number of nitrogen functional groups attached to an aromatic ring is 1. The van der Waals surface area contributed by atoms with Crippen molar-refractivity contribution in [2.75, 3.05) is 29.5 Å². The third-order valence-corrected chi connectivity index (χ3v) is 6.50. The van der Waals surface area contributed by atoms with Crippen LogP contribution in [-0.2, 0) is 6.18 Å². The number of carbonyl (C=O) groups is 1. The summed E-state index contributed by atoms with van der Waals surface area (Å²) in [7, 11) is 0. The fourth-order valence-electron chi connectivity index (χ4n) is 4.63. The van der Waals surface area contributed by atoms with E-state index >= 15 is 8.78 Å². The van der Waals surface area contributed by atoms with Crippen LogP contribution < -0.4 is 21.7 Å². The van der Waals surface area contributed by atoms with Crippen LogP contribution in [0.25, 0.3) is 16.6 Å². The van der Waals surface area contributed by atoms with Crippen LogP contribution in [0.1, 0.15) is 30.0 Å². The van der Waals surface area contributed by atoms with Gasteiger partial charge in [-0.2, -0.15) is 18.3 Å². The third kappa shape index (κ3) is 5.19. The third-order valence-electron chi connectivity index (χ3n) is 6.50. The van der Waals surface area contributed by atoms with Crippen molar-refractivity contribution in [2.24, 2.45) is 0 Å². The number of benzene rings is 2. The number of aromatic nitrogens is 3. The topological polar surface area (TPSA) is 109 Å². The zero-order valence-electron chi connectivity index (χ0n) is 20.0. The van der Waals surface area contributed by atoms with Gasteiger partial charge in [0.25, 0.3) is 0 Å². The molecule has 1 aliphatic rings. The number of nitrogens with two attached hydrogens (primary N) is 1. The second-order valence-electron chi connectivity index (χ2n) is 9.00. The van der Waals surface area contributed by atoms with Gasteiger partial charge in [-0.25, -0.2) is 27.5 Å². The molecule has 2 aromatic carbocycles. The van der Waals surface area contributed by atoms with Gasteiger partial charge in [0.2, 0.25) is 0 Å². The number of amides is 2. The molecule has 3 heterocycles. The molecule has 1 fully saturated rings. The van der Waals surface area contributed by atoms with Crippen LogP contribution in [0, 0.1) is 17.5 Å². The number of hydrogen-bond acceptors (Lipinski definition) is 5. The average molecular weight is 549 g/mol. The zero-order valence-corrected chi connectivity index (χ0v) is 20.0. The van der Waals surface area contributed by atoms with Crippen molar-refractivity contribution in [3.8, 4) is 11.1 Å². The number of fused-ring (bicyclic) bond motifs is 1. The van der Waals surface area contributed by atoms with Crippen molar-refractivity contribution < 1.29 is 31.1 Å². The van der Waals surface area contributed by atoms with Gasteiger partial charge in [-0.15, -0.1) is 0 Å². The fourth-order valence-corrected chi connectivity index (χ4v) is 4.63. The molecular weight excluding hydrogens is 528 g/mol. The number of alkyl halides is 3. The Morgan fingerprint density at radius 2 is 1.64 bits per heavy atom. The van der Waals surface area contributed by atoms with Crippen molar-refractivity contribution >= 4 is 28.7 Å². The van der Waals surface area contributed by atoms with E-state index in [0.717, 1.165) is 37.7 Å². The Labute approximate surface area is 217 Å².